The summed E-state index contributed by atoms with van der Waals surface area (Å²) in [5, 5.41) is 2.82. The van der Waals surface area contributed by atoms with E-state index in [0.717, 1.165) is 12.1 Å². The van der Waals surface area contributed by atoms with Crippen LogP contribution in [-0.4, -0.2) is 45.4 Å². The van der Waals surface area contributed by atoms with Gasteiger partial charge < -0.3 is 10.2 Å². The number of nitrogens with one attached hydrogen (secondary N) is 1. The summed E-state index contributed by atoms with van der Waals surface area (Å²) in [4.78, 5) is 11.9. The van der Waals surface area contributed by atoms with Crippen molar-refractivity contribution in [1.29, 1.82) is 0 Å². The van der Waals surface area contributed by atoms with E-state index in [2.05, 4.69) is 5.32 Å². The Hall–Kier alpha value is -1.77. The molecule has 9 heteroatoms. The lowest BCUT2D eigenvalue weighted by Gasteiger charge is -2.12. The fourth-order valence-corrected chi connectivity index (χ4v) is 2.18. The molecule has 0 saturated heterocycles. The maximum Gasteiger partial charge on any atom is 0.501 e. The summed E-state index contributed by atoms with van der Waals surface area (Å²) in [5.41, 5.74) is -4.89. The van der Waals surface area contributed by atoms with Gasteiger partial charge in [0.15, 0.2) is 0 Å². The molecule has 21 heavy (non-hydrogen) atoms. The van der Waals surface area contributed by atoms with Crippen LogP contribution >= 0.6 is 0 Å². The lowest BCUT2D eigenvalue weighted by molar-refractivity contribution is -0.128. The Kier molecular flexibility index (Phi) is 5.21. The highest BCUT2D eigenvalue weighted by atomic mass is 32.2. The number of hydrogen-bond donors (Lipinski definition) is 1. The summed E-state index contributed by atoms with van der Waals surface area (Å²) >= 11 is 0. The molecule has 1 rings (SSSR count). The van der Waals surface area contributed by atoms with Crippen molar-refractivity contribution in [1.82, 2.24) is 4.90 Å². The van der Waals surface area contributed by atoms with Gasteiger partial charge in [0.25, 0.3) is 9.84 Å². The number of halogens is 3. The predicted octanol–water partition coefficient (Wildman–Crippen LogP) is 1.87. The van der Waals surface area contributed by atoms with E-state index in [4.69, 9.17) is 0 Å². The van der Waals surface area contributed by atoms with Crippen molar-refractivity contribution in [2.75, 3.05) is 26.0 Å². The van der Waals surface area contributed by atoms with Crippen LogP contribution < -0.4 is 5.32 Å². The fraction of sp³-hybridized carbons (Fsp3) is 0.417. The molecule has 0 atom stereocenters. The van der Waals surface area contributed by atoms with Crippen LogP contribution in [0.15, 0.2) is 29.2 Å². The Bertz CT molecular complexity index is 595. The first-order valence-corrected chi connectivity index (χ1v) is 7.39. The summed E-state index contributed by atoms with van der Waals surface area (Å²) in [5.74, 6) is -0.0984. The van der Waals surface area contributed by atoms with E-state index < -0.39 is 20.2 Å². The predicted molar refractivity (Wildman–Crippen MR) is 71.5 cm³/mol. The number of nitrogens with zero attached hydrogens (tertiary/aromatic N) is 1. The largest absolute Gasteiger partial charge is 0.501 e. The van der Waals surface area contributed by atoms with Crippen LogP contribution in [0.2, 0.25) is 0 Å². The van der Waals surface area contributed by atoms with Crippen molar-refractivity contribution >= 4 is 21.4 Å². The number of rotatable bonds is 5. The van der Waals surface area contributed by atoms with E-state index >= 15 is 0 Å². The van der Waals surface area contributed by atoms with Crippen LogP contribution in [0, 0.1) is 0 Å². The molecular formula is C12H15F3N2O3S. The third-order valence-electron chi connectivity index (χ3n) is 2.64. The molecule has 0 aliphatic rings. The fourth-order valence-electron chi connectivity index (χ4n) is 1.42. The van der Waals surface area contributed by atoms with Crippen LogP contribution in [0.5, 0.6) is 0 Å². The van der Waals surface area contributed by atoms with E-state index in [-0.39, 0.29) is 12.3 Å². The molecule has 0 aliphatic carbocycles. The van der Waals surface area contributed by atoms with Crippen LogP contribution in [0.4, 0.5) is 18.9 Å². The number of sulfone groups is 1. The van der Waals surface area contributed by atoms with Gasteiger partial charge in [0.2, 0.25) is 5.91 Å². The lowest BCUT2D eigenvalue weighted by atomic mass is 10.3. The van der Waals surface area contributed by atoms with Crippen molar-refractivity contribution < 1.29 is 26.4 Å². The summed E-state index contributed by atoms with van der Waals surface area (Å²) in [6.07, 6.45) is 0.218. The van der Waals surface area contributed by atoms with Gasteiger partial charge in [-0.3, -0.25) is 4.79 Å². The molecule has 0 unspecified atom stereocenters. The van der Waals surface area contributed by atoms with Crippen molar-refractivity contribution in [2.24, 2.45) is 0 Å². The maximum absolute atomic E-state index is 12.3. The van der Waals surface area contributed by atoms with Gasteiger partial charge in [-0.05, 0) is 24.3 Å². The highest BCUT2D eigenvalue weighted by molar-refractivity contribution is 7.92. The quantitative estimate of drug-likeness (QED) is 0.898. The van der Waals surface area contributed by atoms with Gasteiger partial charge in [-0.15, -0.1) is 0 Å². The molecule has 1 aromatic rings. The molecule has 1 N–H and O–H groups in total. The average Bonchev–Trinajstić information content (AvgIpc) is 2.37. The molecule has 0 aliphatic heterocycles. The summed E-state index contributed by atoms with van der Waals surface area (Å²) in [6.45, 7) is 0.294. The van der Waals surface area contributed by atoms with Gasteiger partial charge in [0, 0.05) is 32.7 Å². The first kappa shape index (κ1) is 17.3. The van der Waals surface area contributed by atoms with Crippen LogP contribution in [0.25, 0.3) is 0 Å². The Morgan fingerprint density at radius 3 is 2.14 bits per heavy atom. The molecule has 0 heterocycles. The zero-order chi connectivity index (χ0) is 16.3. The summed E-state index contributed by atoms with van der Waals surface area (Å²) in [7, 11) is -2.11. The second-order valence-corrected chi connectivity index (χ2v) is 6.38. The number of anilines is 1. The van der Waals surface area contributed by atoms with Crippen LogP contribution in [0.3, 0.4) is 0 Å². The minimum absolute atomic E-state index is 0.0984. The van der Waals surface area contributed by atoms with Gasteiger partial charge in [0.1, 0.15) is 0 Å². The molecule has 0 saturated carbocycles. The van der Waals surface area contributed by atoms with E-state index in [1.807, 2.05) is 0 Å². The van der Waals surface area contributed by atoms with E-state index in [1.54, 1.807) is 14.1 Å². The number of hydrogen-bond acceptors (Lipinski definition) is 4. The normalized spacial score (nSPS) is 12.0. The number of amides is 1. The minimum Gasteiger partial charge on any atom is -0.385 e. The third-order valence-corrected chi connectivity index (χ3v) is 4.14. The Morgan fingerprint density at radius 1 is 1.19 bits per heavy atom. The van der Waals surface area contributed by atoms with Crippen molar-refractivity contribution in [2.45, 2.75) is 16.8 Å². The standard InChI is InChI=1S/C12H15F3N2O3S/c1-17(2)11(18)7-8-16-9-3-5-10(6-4-9)21(19,20)12(13,14)15/h3-6,16H,7-8H2,1-2H3. The molecule has 5 nitrogen and oxygen atoms in total. The summed E-state index contributed by atoms with van der Waals surface area (Å²) < 4.78 is 59.3. The Morgan fingerprint density at radius 2 is 1.71 bits per heavy atom. The SMILES string of the molecule is CN(C)C(=O)CCNc1ccc(S(=O)(=O)C(F)(F)F)cc1. The van der Waals surface area contributed by atoms with Gasteiger partial charge in [-0.1, -0.05) is 0 Å². The van der Waals surface area contributed by atoms with Gasteiger partial charge in [0.05, 0.1) is 4.90 Å². The molecule has 0 fully saturated rings. The number of benzene rings is 1. The Labute approximate surface area is 120 Å². The van der Waals surface area contributed by atoms with Crippen molar-refractivity contribution in [3.63, 3.8) is 0 Å². The molecule has 118 valence electrons. The molecule has 0 spiro atoms. The van der Waals surface area contributed by atoms with Gasteiger partial charge in [-0.2, -0.15) is 13.2 Å². The molecule has 1 amide bonds. The van der Waals surface area contributed by atoms with E-state index in [1.165, 1.54) is 17.0 Å². The number of carbonyl (C=O) groups excluding carboxylic acids is 1. The first-order chi connectivity index (χ1) is 9.55. The zero-order valence-corrected chi connectivity index (χ0v) is 12.3. The van der Waals surface area contributed by atoms with E-state index in [9.17, 15) is 26.4 Å². The molecular weight excluding hydrogens is 309 g/mol. The zero-order valence-electron chi connectivity index (χ0n) is 11.4. The maximum atomic E-state index is 12.3. The smallest absolute Gasteiger partial charge is 0.385 e. The molecule has 1 aromatic carbocycles. The monoisotopic (exact) mass is 324 g/mol. The molecule has 0 radical (unpaired) electrons. The van der Waals surface area contributed by atoms with Crippen molar-refractivity contribution in [3.05, 3.63) is 24.3 Å². The summed E-state index contributed by atoms with van der Waals surface area (Å²) in [6, 6.07) is 4.19. The topological polar surface area (TPSA) is 66.5 Å². The highest BCUT2D eigenvalue weighted by Crippen LogP contribution is 2.30. The first-order valence-electron chi connectivity index (χ1n) is 5.91. The lowest BCUT2D eigenvalue weighted by Crippen LogP contribution is -2.24. The molecule has 0 bridgehead atoms. The van der Waals surface area contributed by atoms with E-state index in [0.29, 0.717) is 12.2 Å². The number of alkyl halides is 3. The minimum atomic E-state index is -5.33. The van der Waals surface area contributed by atoms with Crippen molar-refractivity contribution in [3.8, 4) is 0 Å². The van der Waals surface area contributed by atoms with Crippen LogP contribution in [-0.2, 0) is 14.6 Å². The highest BCUT2D eigenvalue weighted by Gasteiger charge is 2.46. The molecule has 0 aromatic heterocycles. The van der Waals surface area contributed by atoms with Crippen LogP contribution in [0.1, 0.15) is 6.42 Å². The second kappa shape index (κ2) is 6.33. The number of carbonyl (C=O) groups is 1. The average molecular weight is 324 g/mol. The second-order valence-electron chi connectivity index (χ2n) is 4.44. The van der Waals surface area contributed by atoms with Gasteiger partial charge >= 0.3 is 5.51 Å². The van der Waals surface area contributed by atoms with Gasteiger partial charge in [-0.25, -0.2) is 8.42 Å². The Balaban J connectivity index is 2.70. The third kappa shape index (κ3) is 4.35.